The summed E-state index contributed by atoms with van der Waals surface area (Å²) in [6.45, 7) is 0. The molecule has 0 radical (unpaired) electrons. The third-order valence-corrected chi connectivity index (χ3v) is 1.41. The minimum atomic E-state index is -1.06. The molecule has 6 N–H and O–H groups in total. The van der Waals surface area contributed by atoms with E-state index in [2.05, 4.69) is 0 Å². The van der Waals surface area contributed by atoms with E-state index in [1.807, 2.05) is 0 Å². The van der Waals surface area contributed by atoms with Crippen molar-refractivity contribution >= 4 is 18.1 Å². The van der Waals surface area contributed by atoms with Crippen LogP contribution in [0.25, 0.3) is 0 Å². The summed E-state index contributed by atoms with van der Waals surface area (Å²) in [6.07, 6.45) is 0.0631. The van der Waals surface area contributed by atoms with E-state index >= 15 is 0 Å². The summed E-state index contributed by atoms with van der Waals surface area (Å²) in [4.78, 5) is 31.1. The van der Waals surface area contributed by atoms with Crippen LogP contribution in [-0.2, 0) is 14.4 Å². The fourth-order valence-electron chi connectivity index (χ4n) is 0.738. The van der Waals surface area contributed by atoms with Crippen LogP contribution in [0.5, 0.6) is 0 Å². The molecule has 0 rings (SSSR count). The number of rotatable bonds is 5. The summed E-state index contributed by atoms with van der Waals surface area (Å²) < 4.78 is 0. The maximum Gasteiger partial charge on any atom is 0.223 e. The Kier molecular flexibility index (Phi) is 3.92. The molecule has 2 amide bonds. The highest BCUT2D eigenvalue weighted by atomic mass is 16.2. The number of carbonyl (C=O) groups is 3. The fourth-order valence-corrected chi connectivity index (χ4v) is 0.738. The van der Waals surface area contributed by atoms with Crippen molar-refractivity contribution in [3.63, 3.8) is 0 Å². The van der Waals surface area contributed by atoms with Gasteiger partial charge < -0.3 is 22.0 Å². The van der Waals surface area contributed by atoms with E-state index in [0.717, 1.165) is 0 Å². The summed E-state index contributed by atoms with van der Waals surface area (Å²) in [5.41, 5.74) is 14.9. The fraction of sp³-hybridized carbons (Fsp3) is 0.500. The van der Waals surface area contributed by atoms with Crippen LogP contribution in [0.1, 0.15) is 6.42 Å². The number of hydrogen-bond acceptors (Lipinski definition) is 4. The molecule has 0 fully saturated rings. The van der Waals surface area contributed by atoms with Crippen molar-refractivity contribution in [2.24, 2.45) is 23.1 Å². The Morgan fingerprint density at radius 2 is 1.83 bits per heavy atom. The first-order valence-electron chi connectivity index (χ1n) is 3.27. The summed E-state index contributed by atoms with van der Waals surface area (Å²) in [5, 5.41) is 0. The third kappa shape index (κ3) is 3.11. The number of carbonyl (C=O) groups excluding carboxylic acids is 3. The molecule has 0 saturated carbocycles. The first kappa shape index (κ1) is 10.6. The number of aldehydes is 1. The second-order valence-corrected chi connectivity index (χ2v) is 2.39. The highest BCUT2D eigenvalue weighted by molar-refractivity contribution is 5.87. The van der Waals surface area contributed by atoms with Gasteiger partial charge in [0.2, 0.25) is 11.8 Å². The maximum atomic E-state index is 10.6. The predicted octanol–water partition coefficient (Wildman–Crippen LogP) is -2.51. The van der Waals surface area contributed by atoms with E-state index in [9.17, 15) is 14.4 Å². The Balaban J connectivity index is 4.32. The molecule has 0 aromatic carbocycles. The average molecular weight is 173 g/mol. The topological polar surface area (TPSA) is 129 Å². The Hall–Kier alpha value is -1.43. The number of amides is 2. The molecule has 0 aromatic heterocycles. The van der Waals surface area contributed by atoms with Gasteiger partial charge in [-0.05, 0) is 0 Å². The average Bonchev–Trinajstić information content (AvgIpc) is 1.98. The van der Waals surface area contributed by atoms with E-state index in [4.69, 9.17) is 17.2 Å². The monoisotopic (exact) mass is 173 g/mol. The summed E-state index contributed by atoms with van der Waals surface area (Å²) >= 11 is 0. The first-order chi connectivity index (χ1) is 5.49. The molecule has 0 aliphatic rings. The first-order valence-corrected chi connectivity index (χ1v) is 3.27. The molecular formula is C6H11N3O3. The lowest BCUT2D eigenvalue weighted by atomic mass is 9.97. The molecule has 0 spiro atoms. The minimum Gasteiger partial charge on any atom is -0.370 e. The van der Waals surface area contributed by atoms with Gasteiger partial charge in [0, 0.05) is 6.42 Å². The zero-order valence-corrected chi connectivity index (χ0v) is 6.40. The molecule has 6 heteroatoms. The van der Waals surface area contributed by atoms with Gasteiger partial charge in [0.05, 0.1) is 12.0 Å². The Labute approximate surface area is 69.1 Å². The van der Waals surface area contributed by atoms with Crippen molar-refractivity contribution in [2.75, 3.05) is 0 Å². The van der Waals surface area contributed by atoms with Gasteiger partial charge in [-0.1, -0.05) is 0 Å². The number of nitrogens with two attached hydrogens (primary N) is 3. The second-order valence-electron chi connectivity index (χ2n) is 2.39. The van der Waals surface area contributed by atoms with E-state index in [0.29, 0.717) is 6.29 Å². The number of primary amides is 2. The van der Waals surface area contributed by atoms with Crippen molar-refractivity contribution < 1.29 is 14.4 Å². The molecule has 0 aliphatic carbocycles. The zero-order valence-electron chi connectivity index (χ0n) is 6.40. The van der Waals surface area contributed by atoms with Crippen molar-refractivity contribution in [2.45, 2.75) is 12.5 Å². The highest BCUT2D eigenvalue weighted by Gasteiger charge is 2.24. The van der Waals surface area contributed by atoms with Crippen molar-refractivity contribution in [3.8, 4) is 0 Å². The van der Waals surface area contributed by atoms with Gasteiger partial charge >= 0.3 is 0 Å². The Morgan fingerprint density at radius 1 is 1.33 bits per heavy atom. The van der Waals surface area contributed by atoms with Crippen molar-refractivity contribution in [1.29, 1.82) is 0 Å². The van der Waals surface area contributed by atoms with Gasteiger partial charge in [0.15, 0.2) is 0 Å². The van der Waals surface area contributed by atoms with Crippen molar-refractivity contribution in [1.82, 2.24) is 0 Å². The van der Waals surface area contributed by atoms with Gasteiger partial charge in [0.25, 0.3) is 0 Å². The largest absolute Gasteiger partial charge is 0.370 e. The van der Waals surface area contributed by atoms with Crippen molar-refractivity contribution in [3.05, 3.63) is 0 Å². The predicted molar refractivity (Wildman–Crippen MR) is 40.5 cm³/mol. The molecule has 0 heterocycles. The summed E-state index contributed by atoms with van der Waals surface area (Å²) in [6, 6.07) is -1.06. The van der Waals surface area contributed by atoms with Crippen LogP contribution in [0.4, 0.5) is 0 Å². The SMILES string of the molecule is NC(=O)CC(C(N)=O)[C@H](N)C=O. The Morgan fingerprint density at radius 3 is 2.08 bits per heavy atom. The van der Waals surface area contributed by atoms with Gasteiger partial charge in [-0.2, -0.15) is 0 Å². The smallest absolute Gasteiger partial charge is 0.223 e. The lowest BCUT2D eigenvalue weighted by Gasteiger charge is -2.13. The van der Waals surface area contributed by atoms with E-state index in [1.54, 1.807) is 0 Å². The van der Waals surface area contributed by atoms with Crippen LogP contribution in [0, 0.1) is 5.92 Å². The molecule has 0 bridgehead atoms. The number of hydrogen-bond donors (Lipinski definition) is 3. The second kappa shape index (κ2) is 4.45. The molecule has 0 saturated heterocycles. The van der Waals surface area contributed by atoms with Crippen LogP contribution in [0.15, 0.2) is 0 Å². The summed E-state index contributed by atoms with van der Waals surface area (Å²) in [7, 11) is 0. The van der Waals surface area contributed by atoms with Gasteiger partial charge in [-0.3, -0.25) is 9.59 Å². The van der Waals surface area contributed by atoms with Crippen LogP contribution in [0.3, 0.4) is 0 Å². The van der Waals surface area contributed by atoms with Gasteiger partial charge in [-0.25, -0.2) is 0 Å². The van der Waals surface area contributed by atoms with Crippen LogP contribution >= 0.6 is 0 Å². The van der Waals surface area contributed by atoms with E-state index in [1.165, 1.54) is 0 Å². The normalized spacial score (nSPS) is 14.8. The standard InChI is InChI=1S/C6H11N3O3/c7-4(2-10)3(6(9)12)1-5(8)11/h2-4H,1,7H2,(H2,8,11)(H2,9,12)/t3?,4-/m1/s1. The zero-order chi connectivity index (χ0) is 9.72. The van der Waals surface area contributed by atoms with Crippen LogP contribution in [-0.4, -0.2) is 24.1 Å². The molecule has 68 valence electrons. The molecule has 1 unspecified atom stereocenters. The minimum absolute atomic E-state index is 0.296. The molecule has 6 nitrogen and oxygen atoms in total. The van der Waals surface area contributed by atoms with E-state index < -0.39 is 23.8 Å². The highest BCUT2D eigenvalue weighted by Crippen LogP contribution is 2.04. The lowest BCUT2D eigenvalue weighted by molar-refractivity contribution is -0.129. The lowest BCUT2D eigenvalue weighted by Crippen LogP contribution is -2.42. The molecular weight excluding hydrogens is 162 g/mol. The maximum absolute atomic E-state index is 10.6. The summed E-state index contributed by atoms with van der Waals surface area (Å²) in [5.74, 6) is -2.51. The van der Waals surface area contributed by atoms with Gasteiger partial charge in [-0.15, -0.1) is 0 Å². The van der Waals surface area contributed by atoms with Crippen LogP contribution in [0.2, 0.25) is 0 Å². The van der Waals surface area contributed by atoms with Gasteiger partial charge in [0.1, 0.15) is 6.29 Å². The molecule has 2 atom stereocenters. The molecule has 12 heavy (non-hydrogen) atoms. The molecule has 0 aliphatic heterocycles. The third-order valence-electron chi connectivity index (χ3n) is 1.41. The van der Waals surface area contributed by atoms with Crippen LogP contribution < -0.4 is 17.2 Å². The van der Waals surface area contributed by atoms with E-state index in [-0.39, 0.29) is 6.42 Å². The molecule has 0 aromatic rings. The Bertz CT molecular complexity index is 204. The quantitative estimate of drug-likeness (QED) is 0.396.